The molecule has 0 unspecified atom stereocenters. The molecule has 1 aliphatic rings. The van der Waals surface area contributed by atoms with Crippen LogP contribution in [-0.2, 0) is 17.6 Å². The van der Waals surface area contributed by atoms with Crippen LogP contribution in [0.25, 0.3) is 10.4 Å². The first-order chi connectivity index (χ1) is 17.0. The highest BCUT2D eigenvalue weighted by Gasteiger charge is 2.33. The Balaban J connectivity index is 1.59. The minimum absolute atomic E-state index is 0.0852. The zero-order chi connectivity index (χ0) is 26.0. The zero-order valence-corrected chi connectivity index (χ0v) is 22.1. The number of aryl methyl sites for hydroxylation is 1. The van der Waals surface area contributed by atoms with Crippen molar-refractivity contribution in [3.63, 3.8) is 0 Å². The van der Waals surface area contributed by atoms with Gasteiger partial charge in [0.05, 0.1) is 12.6 Å². The lowest BCUT2D eigenvalue weighted by Gasteiger charge is -2.37. The Morgan fingerprint density at radius 3 is 2.58 bits per heavy atom. The minimum atomic E-state index is -0.935. The second-order valence-corrected chi connectivity index (χ2v) is 11.6. The molecule has 1 heterocycles. The SMILES string of the molecule is CC(C)(C)OC(=O)N(C[C@@H](O)c1cccc(Cl)c1)[C@H]1CCc2ccc(-c3ccc(C(=O)O)s3)cc2C1. The number of carboxylic acids is 1. The third-order valence-corrected chi connectivity index (χ3v) is 7.54. The molecule has 0 radical (unpaired) electrons. The summed E-state index contributed by atoms with van der Waals surface area (Å²) in [6.07, 6.45) is 0.775. The fourth-order valence-electron chi connectivity index (χ4n) is 4.46. The summed E-state index contributed by atoms with van der Waals surface area (Å²) in [6, 6.07) is 16.5. The van der Waals surface area contributed by atoms with Gasteiger partial charge in [0.25, 0.3) is 0 Å². The molecule has 8 heteroatoms. The van der Waals surface area contributed by atoms with Gasteiger partial charge in [0.1, 0.15) is 10.5 Å². The van der Waals surface area contributed by atoms with Crippen LogP contribution in [0.5, 0.6) is 0 Å². The van der Waals surface area contributed by atoms with Gasteiger partial charge in [0, 0.05) is 15.9 Å². The summed E-state index contributed by atoms with van der Waals surface area (Å²) in [7, 11) is 0. The maximum absolute atomic E-state index is 13.3. The second-order valence-electron chi connectivity index (χ2n) is 10.1. The molecular weight excluding hydrogens is 498 g/mol. The third-order valence-electron chi connectivity index (χ3n) is 6.18. The van der Waals surface area contributed by atoms with Gasteiger partial charge in [0.2, 0.25) is 0 Å². The Morgan fingerprint density at radius 1 is 1.14 bits per heavy atom. The van der Waals surface area contributed by atoms with Crippen molar-refractivity contribution in [2.75, 3.05) is 6.54 Å². The van der Waals surface area contributed by atoms with E-state index in [-0.39, 0.29) is 12.6 Å². The van der Waals surface area contributed by atoms with Gasteiger partial charge in [-0.25, -0.2) is 9.59 Å². The van der Waals surface area contributed by atoms with Crippen molar-refractivity contribution >= 4 is 35.0 Å². The highest BCUT2D eigenvalue weighted by atomic mass is 35.5. The maximum Gasteiger partial charge on any atom is 0.410 e. The van der Waals surface area contributed by atoms with Crippen LogP contribution in [0.4, 0.5) is 4.79 Å². The molecule has 1 amide bonds. The number of carbonyl (C=O) groups excluding carboxylic acids is 1. The number of hydrogen-bond acceptors (Lipinski definition) is 5. The summed E-state index contributed by atoms with van der Waals surface area (Å²) in [5.41, 5.74) is 3.25. The van der Waals surface area contributed by atoms with E-state index in [1.54, 1.807) is 35.2 Å². The van der Waals surface area contributed by atoms with Gasteiger partial charge in [-0.3, -0.25) is 0 Å². The van der Waals surface area contributed by atoms with Gasteiger partial charge in [-0.1, -0.05) is 35.9 Å². The van der Waals surface area contributed by atoms with Gasteiger partial charge >= 0.3 is 12.1 Å². The predicted molar refractivity (Wildman–Crippen MR) is 142 cm³/mol. The van der Waals surface area contributed by atoms with Crippen molar-refractivity contribution in [3.8, 4) is 10.4 Å². The summed E-state index contributed by atoms with van der Waals surface area (Å²) in [5, 5.41) is 20.8. The number of hydrogen-bond donors (Lipinski definition) is 2. The number of rotatable bonds is 6. The number of aliphatic hydroxyl groups excluding tert-OH is 1. The van der Waals surface area contributed by atoms with Crippen LogP contribution in [-0.4, -0.2) is 45.4 Å². The molecule has 2 aromatic carbocycles. The fourth-order valence-corrected chi connectivity index (χ4v) is 5.50. The Hall–Kier alpha value is -2.87. The lowest BCUT2D eigenvalue weighted by Crippen LogP contribution is -2.47. The predicted octanol–water partition coefficient (Wildman–Crippen LogP) is 6.59. The van der Waals surface area contributed by atoms with Crippen LogP contribution in [0.15, 0.2) is 54.6 Å². The molecule has 0 fully saturated rings. The molecule has 0 spiro atoms. The van der Waals surface area contributed by atoms with Crippen LogP contribution in [0.3, 0.4) is 0 Å². The van der Waals surface area contributed by atoms with E-state index in [0.717, 1.165) is 28.8 Å². The molecule has 36 heavy (non-hydrogen) atoms. The smallest absolute Gasteiger partial charge is 0.410 e. The lowest BCUT2D eigenvalue weighted by molar-refractivity contribution is 0.00195. The second kappa shape index (κ2) is 10.6. The Kier molecular flexibility index (Phi) is 7.73. The molecule has 0 aliphatic heterocycles. The van der Waals surface area contributed by atoms with E-state index in [0.29, 0.717) is 21.9 Å². The number of amides is 1. The Morgan fingerprint density at radius 2 is 1.92 bits per heavy atom. The Bertz CT molecular complexity index is 1260. The number of thiophene rings is 1. The zero-order valence-electron chi connectivity index (χ0n) is 20.5. The lowest BCUT2D eigenvalue weighted by atomic mass is 9.86. The van der Waals surface area contributed by atoms with E-state index in [4.69, 9.17) is 16.3 Å². The standard InChI is InChI=1S/C28H30ClNO5S/c1-28(2,3)35-27(34)30(16-23(31)18-5-4-6-21(29)14-18)22-10-9-17-7-8-19(13-20(17)15-22)24-11-12-25(36-24)26(32)33/h4-8,11-14,22-23,31H,9-10,15-16H2,1-3H3,(H,32,33)/t22-,23+/m0/s1. The molecule has 2 N–H and O–H groups in total. The van der Waals surface area contributed by atoms with E-state index in [1.807, 2.05) is 32.9 Å². The average Bonchev–Trinajstić information content (AvgIpc) is 3.31. The summed E-state index contributed by atoms with van der Waals surface area (Å²) in [4.78, 5) is 27.4. The maximum atomic E-state index is 13.3. The van der Waals surface area contributed by atoms with Crippen molar-refractivity contribution < 1.29 is 24.5 Å². The molecule has 190 valence electrons. The minimum Gasteiger partial charge on any atom is -0.477 e. The molecule has 0 saturated heterocycles. The molecule has 1 aliphatic carbocycles. The number of nitrogens with zero attached hydrogens (tertiary/aromatic N) is 1. The van der Waals surface area contributed by atoms with E-state index in [1.165, 1.54) is 16.9 Å². The highest BCUT2D eigenvalue weighted by Crippen LogP contribution is 2.34. The first-order valence-electron chi connectivity index (χ1n) is 11.9. The number of aromatic carboxylic acids is 1. The quantitative estimate of drug-likeness (QED) is 0.377. The van der Waals surface area contributed by atoms with Crippen LogP contribution in [0.2, 0.25) is 5.02 Å². The van der Waals surface area contributed by atoms with Crippen molar-refractivity contribution in [2.24, 2.45) is 0 Å². The van der Waals surface area contributed by atoms with Crippen LogP contribution < -0.4 is 0 Å². The number of halogens is 1. The average molecular weight is 528 g/mol. The number of fused-ring (bicyclic) bond motifs is 1. The normalized spacial score (nSPS) is 16.2. The fraction of sp³-hybridized carbons (Fsp3) is 0.357. The van der Waals surface area contributed by atoms with Crippen LogP contribution in [0.1, 0.15) is 59.7 Å². The monoisotopic (exact) mass is 527 g/mol. The number of benzene rings is 2. The van der Waals surface area contributed by atoms with Gasteiger partial charge in [-0.15, -0.1) is 11.3 Å². The summed E-state index contributed by atoms with van der Waals surface area (Å²) in [5.74, 6) is -0.935. The first-order valence-corrected chi connectivity index (χ1v) is 13.1. The molecule has 0 saturated carbocycles. The molecular formula is C28H30ClNO5S. The summed E-state index contributed by atoms with van der Waals surface area (Å²) >= 11 is 7.36. The van der Waals surface area contributed by atoms with Gasteiger partial charge < -0.3 is 19.8 Å². The van der Waals surface area contributed by atoms with Gasteiger partial charge in [0.15, 0.2) is 0 Å². The molecule has 0 bridgehead atoms. The number of aliphatic hydroxyl groups is 1. The summed E-state index contributed by atoms with van der Waals surface area (Å²) in [6.45, 7) is 5.56. The molecule has 3 aromatic rings. The van der Waals surface area contributed by atoms with Crippen LogP contribution in [0, 0.1) is 0 Å². The third kappa shape index (κ3) is 6.27. The molecule has 4 rings (SSSR count). The van der Waals surface area contributed by atoms with Crippen molar-refractivity contribution in [2.45, 2.75) is 57.8 Å². The first kappa shape index (κ1) is 26.2. The van der Waals surface area contributed by atoms with E-state index in [2.05, 4.69) is 12.1 Å². The van der Waals surface area contributed by atoms with Gasteiger partial charge in [-0.2, -0.15) is 0 Å². The summed E-state index contributed by atoms with van der Waals surface area (Å²) < 4.78 is 5.72. The van der Waals surface area contributed by atoms with E-state index < -0.39 is 23.8 Å². The number of carboxylic acid groups (broad SMARTS) is 1. The van der Waals surface area contributed by atoms with Crippen molar-refractivity contribution in [1.29, 1.82) is 0 Å². The number of carbonyl (C=O) groups is 2. The van der Waals surface area contributed by atoms with Gasteiger partial charge in [-0.05, 0) is 92.6 Å². The highest BCUT2D eigenvalue weighted by molar-refractivity contribution is 7.17. The Labute approximate surface area is 220 Å². The van der Waals surface area contributed by atoms with E-state index >= 15 is 0 Å². The largest absolute Gasteiger partial charge is 0.477 e. The molecule has 6 nitrogen and oxygen atoms in total. The van der Waals surface area contributed by atoms with Crippen LogP contribution >= 0.6 is 22.9 Å². The molecule has 1 aromatic heterocycles. The van der Waals surface area contributed by atoms with Crippen molar-refractivity contribution in [1.82, 2.24) is 4.90 Å². The molecule has 2 atom stereocenters. The topological polar surface area (TPSA) is 87.1 Å². The van der Waals surface area contributed by atoms with E-state index in [9.17, 15) is 19.8 Å². The number of ether oxygens (including phenoxy) is 1. The van der Waals surface area contributed by atoms with Crippen molar-refractivity contribution in [3.05, 3.63) is 81.2 Å².